The van der Waals surface area contributed by atoms with E-state index in [-0.39, 0.29) is 5.15 Å². The summed E-state index contributed by atoms with van der Waals surface area (Å²) in [7, 11) is 0. The van der Waals surface area contributed by atoms with Crippen molar-refractivity contribution < 1.29 is 4.79 Å². The molecule has 0 unspecified atom stereocenters. The number of halogens is 4. The van der Waals surface area contributed by atoms with Crippen LogP contribution in [0.5, 0.6) is 0 Å². The van der Waals surface area contributed by atoms with E-state index in [1.807, 2.05) is 0 Å². The van der Waals surface area contributed by atoms with Gasteiger partial charge < -0.3 is 0 Å². The third-order valence-corrected chi connectivity index (χ3v) is 3.53. The molecule has 2 nitrogen and oxygen atoms in total. The van der Waals surface area contributed by atoms with E-state index in [1.54, 1.807) is 12.1 Å². The second-order valence-electron chi connectivity index (χ2n) is 3.44. The van der Waals surface area contributed by atoms with Crippen molar-refractivity contribution in [3.8, 4) is 11.3 Å². The number of nitrogens with zero attached hydrogens (tertiary/aromatic N) is 1. The normalized spacial score (nSPS) is 10.4. The first-order valence-electron chi connectivity index (χ1n) is 4.79. The standard InChI is InChI=1S/C12H5Cl4NO/c13-8-4-10(15)9(14)3-7(8)12-6(5-18)1-2-11(16)17-12/h1-5H. The van der Waals surface area contributed by atoms with Crippen LogP contribution >= 0.6 is 46.4 Å². The minimum Gasteiger partial charge on any atom is -0.298 e. The summed E-state index contributed by atoms with van der Waals surface area (Å²) < 4.78 is 0. The molecular formula is C12H5Cl4NO. The van der Waals surface area contributed by atoms with Crippen LogP contribution in [0.4, 0.5) is 0 Å². The number of benzene rings is 1. The van der Waals surface area contributed by atoms with E-state index >= 15 is 0 Å². The highest BCUT2D eigenvalue weighted by Gasteiger charge is 2.13. The molecule has 0 N–H and O–H groups in total. The lowest BCUT2D eigenvalue weighted by Crippen LogP contribution is -1.93. The molecule has 0 bridgehead atoms. The van der Waals surface area contributed by atoms with Gasteiger partial charge in [0.1, 0.15) is 5.15 Å². The molecule has 0 radical (unpaired) electrons. The third kappa shape index (κ3) is 2.62. The Kier molecular flexibility index (Phi) is 4.13. The predicted octanol–water partition coefficient (Wildman–Crippen LogP) is 5.17. The monoisotopic (exact) mass is 319 g/mol. The molecule has 0 aliphatic heterocycles. The molecule has 92 valence electrons. The van der Waals surface area contributed by atoms with Gasteiger partial charge in [0.05, 0.1) is 20.8 Å². The number of hydrogen-bond acceptors (Lipinski definition) is 2. The van der Waals surface area contributed by atoms with Gasteiger partial charge in [-0.3, -0.25) is 4.79 Å². The molecule has 18 heavy (non-hydrogen) atoms. The van der Waals surface area contributed by atoms with Gasteiger partial charge in [-0.15, -0.1) is 0 Å². The van der Waals surface area contributed by atoms with Crippen molar-refractivity contribution in [2.24, 2.45) is 0 Å². The number of hydrogen-bond donors (Lipinski definition) is 0. The third-order valence-electron chi connectivity index (χ3n) is 2.28. The smallest absolute Gasteiger partial charge is 0.152 e. The molecule has 1 aromatic carbocycles. The lowest BCUT2D eigenvalue weighted by Gasteiger charge is -2.08. The van der Waals surface area contributed by atoms with Crippen LogP contribution in [0, 0.1) is 0 Å². The number of aromatic nitrogens is 1. The highest BCUT2D eigenvalue weighted by atomic mass is 35.5. The SMILES string of the molecule is O=Cc1ccc(Cl)nc1-c1cc(Cl)c(Cl)cc1Cl. The molecule has 0 saturated heterocycles. The zero-order valence-corrected chi connectivity index (χ0v) is 11.8. The summed E-state index contributed by atoms with van der Waals surface area (Å²) in [6.07, 6.45) is 0.678. The van der Waals surface area contributed by atoms with Crippen molar-refractivity contribution in [2.75, 3.05) is 0 Å². The van der Waals surface area contributed by atoms with E-state index in [0.29, 0.717) is 38.2 Å². The molecular weight excluding hydrogens is 316 g/mol. The molecule has 0 aliphatic rings. The highest BCUT2D eigenvalue weighted by molar-refractivity contribution is 6.44. The van der Waals surface area contributed by atoms with Gasteiger partial charge >= 0.3 is 0 Å². The van der Waals surface area contributed by atoms with Gasteiger partial charge in [-0.05, 0) is 24.3 Å². The fourth-order valence-electron chi connectivity index (χ4n) is 1.46. The zero-order valence-electron chi connectivity index (χ0n) is 8.75. The molecule has 0 atom stereocenters. The predicted molar refractivity (Wildman–Crippen MR) is 75.1 cm³/mol. The average molecular weight is 321 g/mol. The maximum Gasteiger partial charge on any atom is 0.152 e. The Hall–Kier alpha value is -0.800. The van der Waals surface area contributed by atoms with Crippen molar-refractivity contribution in [3.63, 3.8) is 0 Å². The number of carbonyl (C=O) groups is 1. The Bertz CT molecular complexity index is 628. The molecule has 6 heteroatoms. The Balaban J connectivity index is 2.72. The quantitative estimate of drug-likeness (QED) is 0.434. The molecule has 2 rings (SSSR count). The molecule has 1 aromatic heterocycles. The van der Waals surface area contributed by atoms with Crippen LogP contribution in [0.2, 0.25) is 20.2 Å². The van der Waals surface area contributed by atoms with Crippen LogP contribution < -0.4 is 0 Å². The molecule has 0 saturated carbocycles. The highest BCUT2D eigenvalue weighted by Crippen LogP contribution is 2.35. The van der Waals surface area contributed by atoms with E-state index in [9.17, 15) is 4.79 Å². The largest absolute Gasteiger partial charge is 0.298 e. The maximum absolute atomic E-state index is 11.0. The molecule has 0 spiro atoms. The lowest BCUT2D eigenvalue weighted by atomic mass is 10.1. The van der Waals surface area contributed by atoms with E-state index in [1.165, 1.54) is 12.1 Å². The Morgan fingerprint density at radius 1 is 0.944 bits per heavy atom. The summed E-state index contributed by atoms with van der Waals surface area (Å²) >= 11 is 23.7. The molecule has 1 heterocycles. The number of carbonyl (C=O) groups excluding carboxylic acids is 1. The maximum atomic E-state index is 11.0. The molecule has 0 amide bonds. The van der Waals surface area contributed by atoms with Gasteiger partial charge in [0, 0.05) is 11.1 Å². The van der Waals surface area contributed by atoms with Crippen LogP contribution in [0.3, 0.4) is 0 Å². The second kappa shape index (κ2) is 5.45. The molecule has 0 aliphatic carbocycles. The van der Waals surface area contributed by atoms with Gasteiger partial charge in [0.2, 0.25) is 0 Å². The van der Waals surface area contributed by atoms with Gasteiger partial charge in [-0.1, -0.05) is 46.4 Å². The topological polar surface area (TPSA) is 30.0 Å². The fraction of sp³-hybridized carbons (Fsp3) is 0. The van der Waals surface area contributed by atoms with Crippen molar-refractivity contribution in [2.45, 2.75) is 0 Å². The fourth-order valence-corrected chi connectivity index (χ4v) is 2.24. The minimum absolute atomic E-state index is 0.262. The first-order chi connectivity index (χ1) is 8.52. The molecule has 2 aromatic rings. The van der Waals surface area contributed by atoms with Crippen molar-refractivity contribution in [1.82, 2.24) is 4.98 Å². The van der Waals surface area contributed by atoms with Crippen molar-refractivity contribution in [3.05, 3.63) is 50.0 Å². The Morgan fingerprint density at radius 3 is 2.28 bits per heavy atom. The van der Waals surface area contributed by atoms with E-state index in [4.69, 9.17) is 46.4 Å². The lowest BCUT2D eigenvalue weighted by molar-refractivity contribution is 0.112. The van der Waals surface area contributed by atoms with Gasteiger partial charge in [0.25, 0.3) is 0 Å². The summed E-state index contributed by atoms with van der Waals surface area (Å²) in [6, 6.07) is 6.15. The zero-order chi connectivity index (χ0) is 13.3. The number of aldehydes is 1. The Morgan fingerprint density at radius 2 is 1.61 bits per heavy atom. The average Bonchev–Trinajstić information content (AvgIpc) is 2.34. The summed E-state index contributed by atoms with van der Waals surface area (Å²) in [5.41, 5.74) is 1.26. The van der Waals surface area contributed by atoms with Crippen molar-refractivity contribution >= 4 is 52.7 Å². The number of rotatable bonds is 2. The Labute approximate surface area is 123 Å². The second-order valence-corrected chi connectivity index (χ2v) is 5.04. The summed E-state index contributed by atoms with van der Waals surface area (Å²) in [5, 5.41) is 1.27. The first kappa shape index (κ1) is 13.6. The summed E-state index contributed by atoms with van der Waals surface area (Å²) in [4.78, 5) is 15.1. The first-order valence-corrected chi connectivity index (χ1v) is 6.30. The molecule has 0 fully saturated rings. The summed E-state index contributed by atoms with van der Waals surface area (Å²) in [6.45, 7) is 0. The van der Waals surface area contributed by atoms with Crippen LogP contribution in [-0.4, -0.2) is 11.3 Å². The summed E-state index contributed by atoms with van der Waals surface area (Å²) in [5.74, 6) is 0. The van der Waals surface area contributed by atoms with Crippen molar-refractivity contribution in [1.29, 1.82) is 0 Å². The number of pyridine rings is 1. The van der Waals surface area contributed by atoms with E-state index < -0.39 is 0 Å². The van der Waals surface area contributed by atoms with E-state index in [2.05, 4.69) is 4.98 Å². The van der Waals surface area contributed by atoms with Gasteiger partial charge in [0.15, 0.2) is 6.29 Å². The van der Waals surface area contributed by atoms with Gasteiger partial charge in [-0.2, -0.15) is 0 Å². The minimum atomic E-state index is 0.262. The van der Waals surface area contributed by atoms with Crippen LogP contribution in [0.25, 0.3) is 11.3 Å². The van der Waals surface area contributed by atoms with E-state index in [0.717, 1.165) is 0 Å². The van der Waals surface area contributed by atoms with Crippen LogP contribution in [-0.2, 0) is 0 Å². The van der Waals surface area contributed by atoms with Crippen LogP contribution in [0.15, 0.2) is 24.3 Å². The van der Waals surface area contributed by atoms with Crippen LogP contribution in [0.1, 0.15) is 10.4 Å². The van der Waals surface area contributed by atoms with Gasteiger partial charge in [-0.25, -0.2) is 4.98 Å².